The number of cyclic esters (lactones) is 1. The third kappa shape index (κ3) is 7.53. The zero-order valence-corrected chi connectivity index (χ0v) is 15.9. The molecular formula is C16H32ClNO3S. The second-order valence-corrected chi connectivity index (χ2v) is 7.40. The topological polar surface area (TPSA) is 61.6 Å². The predicted molar refractivity (Wildman–Crippen MR) is 95.7 cm³/mol. The van der Waals surface area contributed by atoms with Crippen LogP contribution in [0.1, 0.15) is 46.5 Å². The van der Waals surface area contributed by atoms with Gasteiger partial charge in [-0.3, -0.25) is 4.79 Å². The lowest BCUT2D eigenvalue weighted by molar-refractivity contribution is -0.160. The molecule has 1 saturated heterocycles. The summed E-state index contributed by atoms with van der Waals surface area (Å²) in [5.74, 6) is 1.73. The molecule has 132 valence electrons. The van der Waals surface area contributed by atoms with Crippen LogP contribution in [0.15, 0.2) is 0 Å². The minimum atomic E-state index is -0.488. The Kier molecular flexibility index (Phi) is 11.6. The maximum Gasteiger partial charge on any atom is 0.323 e. The third-order valence-electron chi connectivity index (χ3n) is 3.94. The van der Waals surface area contributed by atoms with Crippen LogP contribution in [0.25, 0.3) is 0 Å². The van der Waals surface area contributed by atoms with Gasteiger partial charge in [-0.15, -0.1) is 12.4 Å². The Morgan fingerprint density at radius 3 is 2.68 bits per heavy atom. The molecule has 4 atom stereocenters. The molecule has 0 amide bonds. The van der Waals surface area contributed by atoms with Gasteiger partial charge in [-0.2, -0.15) is 11.8 Å². The summed E-state index contributed by atoms with van der Waals surface area (Å²) >= 11 is 1.85. The zero-order chi connectivity index (χ0) is 15.8. The summed E-state index contributed by atoms with van der Waals surface area (Å²) in [6.45, 7) is 6.92. The summed E-state index contributed by atoms with van der Waals surface area (Å²) in [4.78, 5) is 11.9. The van der Waals surface area contributed by atoms with Crippen molar-refractivity contribution in [2.45, 2.75) is 64.7 Å². The van der Waals surface area contributed by atoms with Gasteiger partial charge in [0.1, 0.15) is 12.1 Å². The monoisotopic (exact) mass is 353 g/mol. The molecule has 4 nitrogen and oxygen atoms in total. The Balaban J connectivity index is 0.00000441. The molecule has 0 spiro atoms. The summed E-state index contributed by atoms with van der Waals surface area (Å²) in [5.41, 5.74) is 5.87. The van der Waals surface area contributed by atoms with Crippen LogP contribution in [-0.2, 0) is 14.3 Å². The molecule has 1 aliphatic rings. The third-order valence-corrected chi connectivity index (χ3v) is 4.58. The van der Waals surface area contributed by atoms with Crippen molar-refractivity contribution in [1.29, 1.82) is 0 Å². The number of ether oxygens (including phenoxy) is 2. The molecule has 1 fully saturated rings. The number of carbonyl (C=O) groups is 1. The molecule has 0 saturated carbocycles. The number of hydrogen-bond acceptors (Lipinski definition) is 5. The van der Waals surface area contributed by atoms with Crippen LogP contribution >= 0.6 is 24.2 Å². The SMILES string of the molecule is CSCC[C@H]1CCC[C@H](N)C(=O)O[C@@H](C)[C@@H]1OCC(C)C.Cl. The van der Waals surface area contributed by atoms with Crippen molar-refractivity contribution in [3.8, 4) is 0 Å². The first kappa shape index (κ1) is 22.0. The van der Waals surface area contributed by atoms with Crippen LogP contribution in [0.4, 0.5) is 0 Å². The second kappa shape index (κ2) is 11.5. The number of esters is 1. The fourth-order valence-corrected chi connectivity index (χ4v) is 3.29. The highest BCUT2D eigenvalue weighted by Gasteiger charge is 2.33. The van der Waals surface area contributed by atoms with Crippen LogP contribution < -0.4 is 5.73 Å². The Morgan fingerprint density at radius 1 is 1.41 bits per heavy atom. The predicted octanol–water partition coefficient (Wildman–Crippen LogP) is 3.26. The van der Waals surface area contributed by atoms with Crippen molar-refractivity contribution in [2.75, 3.05) is 18.6 Å². The Hall–Kier alpha value is 0.0300. The number of hydrogen-bond donors (Lipinski definition) is 1. The average molecular weight is 354 g/mol. The van der Waals surface area contributed by atoms with Gasteiger partial charge in [0.25, 0.3) is 0 Å². The summed E-state index contributed by atoms with van der Waals surface area (Å²) in [7, 11) is 0. The van der Waals surface area contributed by atoms with E-state index in [0.29, 0.717) is 24.9 Å². The van der Waals surface area contributed by atoms with Crippen molar-refractivity contribution in [3.63, 3.8) is 0 Å². The highest BCUT2D eigenvalue weighted by atomic mass is 35.5. The van der Waals surface area contributed by atoms with E-state index in [1.165, 1.54) is 0 Å². The first-order valence-corrected chi connectivity index (χ1v) is 9.41. The lowest BCUT2D eigenvalue weighted by Gasteiger charge is -2.31. The molecular weight excluding hydrogens is 322 g/mol. The van der Waals surface area contributed by atoms with Crippen LogP contribution in [0.5, 0.6) is 0 Å². The fraction of sp³-hybridized carbons (Fsp3) is 0.938. The van der Waals surface area contributed by atoms with Gasteiger partial charge in [-0.05, 0) is 50.0 Å². The van der Waals surface area contributed by atoms with Crippen molar-refractivity contribution in [1.82, 2.24) is 0 Å². The van der Waals surface area contributed by atoms with E-state index in [4.69, 9.17) is 15.2 Å². The molecule has 0 aliphatic carbocycles. The normalized spacial score (nSPS) is 30.0. The number of rotatable bonds is 6. The highest BCUT2D eigenvalue weighted by molar-refractivity contribution is 7.98. The Bertz CT molecular complexity index is 318. The molecule has 1 heterocycles. The largest absolute Gasteiger partial charge is 0.459 e. The number of halogens is 1. The molecule has 0 aromatic carbocycles. The molecule has 6 heteroatoms. The summed E-state index contributed by atoms with van der Waals surface area (Å²) in [6, 6.07) is -0.488. The lowest BCUT2D eigenvalue weighted by Crippen LogP contribution is -2.40. The number of nitrogens with two attached hydrogens (primary N) is 1. The van der Waals surface area contributed by atoms with Gasteiger partial charge in [-0.1, -0.05) is 20.3 Å². The van der Waals surface area contributed by atoms with Crippen molar-refractivity contribution in [3.05, 3.63) is 0 Å². The molecule has 1 rings (SSSR count). The smallest absolute Gasteiger partial charge is 0.323 e. The molecule has 0 aromatic heterocycles. The molecule has 0 radical (unpaired) electrons. The molecule has 1 aliphatic heterocycles. The summed E-state index contributed by atoms with van der Waals surface area (Å²) in [6.07, 6.45) is 5.69. The van der Waals surface area contributed by atoms with Crippen LogP contribution in [0.3, 0.4) is 0 Å². The van der Waals surface area contributed by atoms with Gasteiger partial charge in [0.2, 0.25) is 0 Å². The van der Waals surface area contributed by atoms with Crippen LogP contribution in [0.2, 0.25) is 0 Å². The van der Waals surface area contributed by atoms with E-state index in [9.17, 15) is 4.79 Å². The van der Waals surface area contributed by atoms with Gasteiger partial charge >= 0.3 is 5.97 Å². The van der Waals surface area contributed by atoms with E-state index in [0.717, 1.165) is 25.0 Å². The van der Waals surface area contributed by atoms with Gasteiger partial charge < -0.3 is 15.2 Å². The van der Waals surface area contributed by atoms with Crippen LogP contribution in [-0.4, -0.2) is 42.8 Å². The molecule has 0 unspecified atom stereocenters. The average Bonchev–Trinajstić information content (AvgIpc) is 2.46. The maximum atomic E-state index is 11.9. The zero-order valence-electron chi connectivity index (χ0n) is 14.2. The molecule has 2 N–H and O–H groups in total. The molecule has 0 aromatic rings. The van der Waals surface area contributed by atoms with Gasteiger partial charge in [0, 0.05) is 6.61 Å². The van der Waals surface area contributed by atoms with E-state index in [-0.39, 0.29) is 30.6 Å². The van der Waals surface area contributed by atoms with Crippen molar-refractivity contribution >= 4 is 30.1 Å². The van der Waals surface area contributed by atoms with Gasteiger partial charge in [0.05, 0.1) is 6.10 Å². The Morgan fingerprint density at radius 2 is 2.09 bits per heavy atom. The summed E-state index contributed by atoms with van der Waals surface area (Å²) < 4.78 is 11.7. The lowest BCUT2D eigenvalue weighted by atomic mass is 9.90. The molecule has 0 bridgehead atoms. The fourth-order valence-electron chi connectivity index (χ4n) is 2.76. The highest BCUT2D eigenvalue weighted by Crippen LogP contribution is 2.27. The van der Waals surface area contributed by atoms with Crippen LogP contribution in [0, 0.1) is 11.8 Å². The minimum Gasteiger partial charge on any atom is -0.459 e. The van der Waals surface area contributed by atoms with E-state index >= 15 is 0 Å². The van der Waals surface area contributed by atoms with E-state index in [1.54, 1.807) is 0 Å². The first-order chi connectivity index (χ1) is 9.95. The van der Waals surface area contributed by atoms with E-state index in [2.05, 4.69) is 20.1 Å². The quantitative estimate of drug-likeness (QED) is 0.742. The Labute approximate surface area is 145 Å². The van der Waals surface area contributed by atoms with E-state index in [1.807, 2.05) is 18.7 Å². The second-order valence-electron chi connectivity index (χ2n) is 6.41. The number of carbonyl (C=O) groups excluding carboxylic acids is 1. The number of thioether (sulfide) groups is 1. The van der Waals surface area contributed by atoms with Gasteiger partial charge in [-0.25, -0.2) is 0 Å². The van der Waals surface area contributed by atoms with Crippen molar-refractivity contribution < 1.29 is 14.3 Å². The van der Waals surface area contributed by atoms with Crippen molar-refractivity contribution in [2.24, 2.45) is 17.6 Å². The van der Waals surface area contributed by atoms with E-state index < -0.39 is 6.04 Å². The minimum absolute atomic E-state index is 0. The maximum absolute atomic E-state index is 11.9. The van der Waals surface area contributed by atoms with Gasteiger partial charge in [0.15, 0.2) is 0 Å². The standard InChI is InChI=1S/C16H31NO3S.ClH/c1-11(2)10-19-15-12(3)20-16(18)14(17)7-5-6-13(15)8-9-21-4;/h11-15H,5-10,17H2,1-4H3;1H/t12-,13+,14-,15-;/m0./s1. The molecule has 22 heavy (non-hydrogen) atoms. The first-order valence-electron chi connectivity index (χ1n) is 8.02. The summed E-state index contributed by atoms with van der Waals surface area (Å²) in [5, 5.41) is 0.